The first-order valence-corrected chi connectivity index (χ1v) is 13.3. The summed E-state index contributed by atoms with van der Waals surface area (Å²) in [5, 5.41) is 3.18. The lowest BCUT2D eigenvalue weighted by Crippen LogP contribution is -2.39. The Kier molecular flexibility index (Phi) is 8.99. The van der Waals surface area contributed by atoms with Crippen molar-refractivity contribution < 1.29 is 19.1 Å². The summed E-state index contributed by atoms with van der Waals surface area (Å²) in [6, 6.07) is 12.6. The summed E-state index contributed by atoms with van der Waals surface area (Å²) in [6.45, 7) is 3.54. The Labute approximate surface area is 223 Å². The molecule has 0 saturated carbocycles. The van der Waals surface area contributed by atoms with E-state index in [-0.39, 0.29) is 18.2 Å². The van der Waals surface area contributed by atoms with Crippen LogP contribution in [0.3, 0.4) is 0 Å². The Morgan fingerprint density at radius 1 is 1.13 bits per heavy atom. The Morgan fingerprint density at radius 2 is 1.92 bits per heavy atom. The van der Waals surface area contributed by atoms with E-state index < -0.39 is 12.0 Å². The van der Waals surface area contributed by atoms with Crippen molar-refractivity contribution in [2.75, 3.05) is 26.0 Å². The number of ether oxygens (including phenoxy) is 1. The second-order valence-corrected chi connectivity index (χ2v) is 9.88. The van der Waals surface area contributed by atoms with Crippen molar-refractivity contribution in [1.82, 2.24) is 19.8 Å². The van der Waals surface area contributed by atoms with Crippen molar-refractivity contribution in [2.45, 2.75) is 64.6 Å². The molecule has 0 aliphatic carbocycles. The maximum Gasteiger partial charge on any atom is 0.308 e. The molecule has 4 rings (SSSR count). The second-order valence-electron chi connectivity index (χ2n) is 9.88. The summed E-state index contributed by atoms with van der Waals surface area (Å²) in [5.74, 6) is 0.0198. The molecule has 1 atom stereocenters. The summed E-state index contributed by atoms with van der Waals surface area (Å²) in [7, 11) is 3.00. The number of para-hydroxylation sites is 2. The molecule has 9 nitrogen and oxygen atoms in total. The molecular formula is C29H37N5O4. The van der Waals surface area contributed by atoms with Crippen LogP contribution in [0.2, 0.25) is 0 Å². The Balaban J connectivity index is 1.55. The molecule has 2 amide bonds. The normalized spacial score (nSPS) is 15.1. The van der Waals surface area contributed by atoms with Crippen molar-refractivity contribution in [3.05, 3.63) is 59.4 Å². The van der Waals surface area contributed by atoms with Crippen molar-refractivity contribution in [2.24, 2.45) is 0 Å². The van der Waals surface area contributed by atoms with Gasteiger partial charge in [-0.15, -0.1) is 0 Å². The number of methoxy groups -OCH3 is 1. The van der Waals surface area contributed by atoms with Gasteiger partial charge in [0, 0.05) is 31.4 Å². The quantitative estimate of drug-likeness (QED) is 0.286. The molecule has 3 aromatic rings. The predicted octanol–water partition coefficient (Wildman–Crippen LogP) is 4.49. The summed E-state index contributed by atoms with van der Waals surface area (Å²) in [6.07, 6.45) is 5.44. The van der Waals surface area contributed by atoms with Crippen molar-refractivity contribution >= 4 is 34.5 Å². The lowest BCUT2D eigenvalue weighted by atomic mass is 10.1. The number of H-pyrrole nitrogens is 1. The average molecular weight is 520 g/mol. The zero-order chi connectivity index (χ0) is 27.1. The van der Waals surface area contributed by atoms with Crippen LogP contribution < -0.4 is 5.32 Å². The number of hydrogen-bond acceptors (Lipinski definition) is 6. The van der Waals surface area contributed by atoms with Gasteiger partial charge >= 0.3 is 5.97 Å². The third-order valence-electron chi connectivity index (χ3n) is 6.96. The van der Waals surface area contributed by atoms with E-state index >= 15 is 0 Å². The predicted molar refractivity (Wildman–Crippen MR) is 147 cm³/mol. The van der Waals surface area contributed by atoms with Gasteiger partial charge in [-0.1, -0.05) is 44.7 Å². The first-order valence-electron chi connectivity index (χ1n) is 13.3. The number of esters is 1. The molecule has 0 unspecified atom stereocenters. The third-order valence-corrected chi connectivity index (χ3v) is 6.96. The van der Waals surface area contributed by atoms with E-state index in [0.717, 1.165) is 47.4 Å². The van der Waals surface area contributed by atoms with Crippen LogP contribution in [0.25, 0.3) is 11.0 Å². The highest BCUT2D eigenvalue weighted by molar-refractivity contribution is 5.96. The molecule has 0 fully saturated rings. The van der Waals surface area contributed by atoms with Crippen LogP contribution in [-0.2, 0) is 27.4 Å². The molecule has 202 valence electrons. The van der Waals surface area contributed by atoms with Gasteiger partial charge in [-0.3, -0.25) is 14.4 Å². The lowest BCUT2D eigenvalue weighted by molar-refractivity contribution is -0.143. The van der Waals surface area contributed by atoms with Gasteiger partial charge in [0.15, 0.2) is 0 Å². The molecule has 0 saturated heterocycles. The summed E-state index contributed by atoms with van der Waals surface area (Å²) in [5.41, 5.74) is 3.94. The molecule has 0 bridgehead atoms. The number of imidazole rings is 1. The van der Waals surface area contributed by atoms with Crippen LogP contribution >= 0.6 is 0 Å². The molecule has 1 aliphatic heterocycles. The molecule has 2 N–H and O–H groups in total. The number of benzene rings is 2. The minimum absolute atomic E-state index is 0.0664. The third kappa shape index (κ3) is 6.51. The number of likely N-dealkylation sites (N-methyl/N-ethyl adjacent to an activating group) is 1. The number of carbonyl (C=O) groups excluding carboxylic acids is 3. The first-order chi connectivity index (χ1) is 18.4. The monoisotopic (exact) mass is 519 g/mol. The molecule has 1 aliphatic rings. The summed E-state index contributed by atoms with van der Waals surface area (Å²) < 4.78 is 4.76. The number of hydrogen-bond donors (Lipinski definition) is 2. The van der Waals surface area contributed by atoms with Crippen LogP contribution in [0, 0.1) is 0 Å². The van der Waals surface area contributed by atoms with E-state index in [1.807, 2.05) is 41.3 Å². The number of amides is 2. The fraction of sp³-hybridized carbons (Fsp3) is 0.448. The molecule has 0 spiro atoms. The van der Waals surface area contributed by atoms with Gasteiger partial charge in [0.1, 0.15) is 11.9 Å². The zero-order valence-electron chi connectivity index (χ0n) is 22.5. The number of rotatable bonds is 11. The Morgan fingerprint density at radius 3 is 2.68 bits per heavy atom. The van der Waals surface area contributed by atoms with Gasteiger partial charge in [-0.05, 0) is 42.3 Å². The molecule has 38 heavy (non-hydrogen) atoms. The number of anilines is 1. The van der Waals surface area contributed by atoms with E-state index in [1.54, 1.807) is 18.0 Å². The van der Waals surface area contributed by atoms with E-state index in [4.69, 9.17) is 4.74 Å². The van der Waals surface area contributed by atoms with Gasteiger partial charge in [-0.25, -0.2) is 4.98 Å². The number of fused-ring (bicyclic) bond motifs is 2. The number of nitrogens with one attached hydrogen (secondary N) is 2. The van der Waals surface area contributed by atoms with Gasteiger partial charge in [0.05, 0.1) is 31.1 Å². The second kappa shape index (κ2) is 12.6. The highest BCUT2D eigenvalue weighted by atomic mass is 16.5. The van der Waals surface area contributed by atoms with Gasteiger partial charge in [0.2, 0.25) is 5.91 Å². The van der Waals surface area contributed by atoms with Crippen LogP contribution in [0.5, 0.6) is 0 Å². The largest absolute Gasteiger partial charge is 0.469 e. The summed E-state index contributed by atoms with van der Waals surface area (Å²) >= 11 is 0. The molecule has 1 aromatic heterocycles. The van der Waals surface area contributed by atoms with E-state index in [0.29, 0.717) is 25.2 Å². The minimum Gasteiger partial charge on any atom is -0.469 e. The molecule has 0 radical (unpaired) electrons. The summed E-state index contributed by atoms with van der Waals surface area (Å²) in [4.78, 5) is 49.9. The molecule has 2 heterocycles. The van der Waals surface area contributed by atoms with Crippen LogP contribution in [0.4, 0.5) is 5.69 Å². The Bertz CT molecular complexity index is 1250. The lowest BCUT2D eigenvalue weighted by Gasteiger charge is -2.23. The SMILES string of the molecule is CCCCCCCN(Cc1nc2ccccc2[nH]1)C(=O)c1ccc2c(c1)CN(C)C(=O)[C@H](CC(=O)OC)N2. The van der Waals surface area contributed by atoms with Crippen molar-refractivity contribution in [3.8, 4) is 0 Å². The molecular weight excluding hydrogens is 482 g/mol. The topological polar surface area (TPSA) is 108 Å². The Hall–Kier alpha value is -3.88. The number of aromatic nitrogens is 2. The molecule has 2 aromatic carbocycles. The highest BCUT2D eigenvalue weighted by Crippen LogP contribution is 2.26. The number of nitrogens with zero attached hydrogens (tertiary/aromatic N) is 3. The van der Waals surface area contributed by atoms with Gasteiger partial charge in [-0.2, -0.15) is 0 Å². The van der Waals surface area contributed by atoms with Crippen LogP contribution in [0.15, 0.2) is 42.5 Å². The van der Waals surface area contributed by atoms with Crippen molar-refractivity contribution in [1.29, 1.82) is 0 Å². The molecule has 9 heteroatoms. The van der Waals surface area contributed by atoms with E-state index in [9.17, 15) is 14.4 Å². The van der Waals surface area contributed by atoms with E-state index in [1.165, 1.54) is 20.0 Å². The number of aromatic amines is 1. The van der Waals surface area contributed by atoms with Gasteiger partial charge < -0.3 is 24.8 Å². The van der Waals surface area contributed by atoms with Crippen molar-refractivity contribution in [3.63, 3.8) is 0 Å². The van der Waals surface area contributed by atoms with Gasteiger partial charge in [0.25, 0.3) is 5.91 Å². The number of unbranched alkanes of at least 4 members (excludes halogenated alkanes) is 4. The minimum atomic E-state index is -0.719. The van der Waals surface area contributed by atoms with Crippen LogP contribution in [0.1, 0.15) is 67.2 Å². The average Bonchev–Trinajstić information content (AvgIpc) is 3.29. The maximum atomic E-state index is 13.8. The zero-order valence-corrected chi connectivity index (χ0v) is 22.5. The van der Waals surface area contributed by atoms with E-state index in [2.05, 4.69) is 22.2 Å². The first kappa shape index (κ1) is 27.2. The standard InChI is InChI=1S/C29H37N5O4/c1-4-5-6-7-10-15-34(19-26-31-23-11-8-9-12-24(23)32-26)28(36)20-13-14-22-21(16-20)18-33(2)29(37)25(30-22)17-27(35)38-3/h8-9,11-14,16,25,30H,4-7,10,15,17-19H2,1-3H3,(H,31,32)/t25-/m0/s1. The fourth-order valence-electron chi connectivity index (χ4n) is 4.84. The smallest absolute Gasteiger partial charge is 0.308 e. The maximum absolute atomic E-state index is 13.8. The fourth-order valence-corrected chi connectivity index (χ4v) is 4.84. The number of carbonyl (C=O) groups is 3. The highest BCUT2D eigenvalue weighted by Gasteiger charge is 2.30. The van der Waals surface area contributed by atoms with Crippen LogP contribution in [-0.4, -0.2) is 64.3 Å².